The van der Waals surface area contributed by atoms with Gasteiger partial charge in [-0.1, -0.05) is 42.3 Å². The second-order valence-electron chi connectivity index (χ2n) is 8.31. The van der Waals surface area contributed by atoms with Crippen LogP contribution in [0.3, 0.4) is 0 Å². The Kier molecular flexibility index (Phi) is 9.35. The number of hydrogen-bond acceptors (Lipinski definition) is 5. The number of aryl methyl sites for hydroxylation is 2. The SMILES string of the molecule is CC(CCc1ccc2c(n1)NCCC2)COCC[C@H](NC(=O)c1c(Cl)cccc1Cl)C(=O)O. The van der Waals surface area contributed by atoms with Crippen molar-refractivity contribution in [3.8, 4) is 0 Å². The fraction of sp³-hybridized carbons (Fsp3) is 0.458. The molecule has 7 nitrogen and oxygen atoms in total. The zero-order valence-corrected chi connectivity index (χ0v) is 20.1. The van der Waals surface area contributed by atoms with E-state index in [2.05, 4.69) is 29.7 Å². The van der Waals surface area contributed by atoms with Crippen molar-refractivity contribution < 1.29 is 19.4 Å². The third-order valence-corrected chi connectivity index (χ3v) is 6.22. The Labute approximate surface area is 203 Å². The van der Waals surface area contributed by atoms with E-state index in [0.29, 0.717) is 6.61 Å². The van der Waals surface area contributed by atoms with Crippen molar-refractivity contribution in [3.63, 3.8) is 0 Å². The number of carbonyl (C=O) groups is 2. The molecule has 2 heterocycles. The van der Waals surface area contributed by atoms with Gasteiger partial charge in [-0.3, -0.25) is 4.79 Å². The highest BCUT2D eigenvalue weighted by Gasteiger charge is 2.23. The van der Waals surface area contributed by atoms with Gasteiger partial charge in [-0.15, -0.1) is 0 Å². The van der Waals surface area contributed by atoms with Crippen molar-refractivity contribution in [2.24, 2.45) is 5.92 Å². The minimum atomic E-state index is -1.14. The number of aliphatic carboxylic acids is 1. The number of nitrogens with zero attached hydrogens (tertiary/aromatic N) is 1. The van der Waals surface area contributed by atoms with Gasteiger partial charge in [0, 0.05) is 31.9 Å². The summed E-state index contributed by atoms with van der Waals surface area (Å²) in [6.07, 6.45) is 4.11. The van der Waals surface area contributed by atoms with Crippen molar-refractivity contribution in [1.82, 2.24) is 10.3 Å². The molecule has 1 aromatic heterocycles. The fourth-order valence-electron chi connectivity index (χ4n) is 3.67. The predicted molar refractivity (Wildman–Crippen MR) is 129 cm³/mol. The standard InChI is InChI=1S/C24H29Cl2N3O4/c1-15(7-9-17-10-8-16-4-3-12-27-22(16)28-17)14-33-13-11-20(24(31)32)29-23(30)21-18(25)5-2-6-19(21)26/h2,5-6,8,10,15,20H,3-4,7,9,11-14H2,1H3,(H,27,28)(H,29,30)(H,31,32)/t15?,20-/m0/s1. The Morgan fingerprint density at radius 2 is 1.97 bits per heavy atom. The number of carboxylic acids is 1. The van der Waals surface area contributed by atoms with E-state index in [9.17, 15) is 14.7 Å². The lowest BCUT2D eigenvalue weighted by molar-refractivity contribution is -0.139. The number of ether oxygens (including phenoxy) is 1. The summed E-state index contributed by atoms with van der Waals surface area (Å²) in [5, 5.41) is 15.6. The number of hydrogen-bond donors (Lipinski definition) is 3. The molecule has 1 amide bonds. The van der Waals surface area contributed by atoms with Crippen molar-refractivity contribution in [1.29, 1.82) is 0 Å². The van der Waals surface area contributed by atoms with Gasteiger partial charge in [0.15, 0.2) is 0 Å². The molecule has 178 valence electrons. The fourth-order valence-corrected chi connectivity index (χ4v) is 4.24. The van der Waals surface area contributed by atoms with Crippen molar-refractivity contribution in [2.75, 3.05) is 25.1 Å². The van der Waals surface area contributed by atoms with E-state index >= 15 is 0 Å². The van der Waals surface area contributed by atoms with Crippen LogP contribution in [0.25, 0.3) is 0 Å². The number of nitrogens with one attached hydrogen (secondary N) is 2. The van der Waals surface area contributed by atoms with Gasteiger partial charge in [-0.25, -0.2) is 9.78 Å². The van der Waals surface area contributed by atoms with Crippen LogP contribution in [-0.4, -0.2) is 47.8 Å². The molecule has 0 fully saturated rings. The zero-order chi connectivity index (χ0) is 23.8. The number of aromatic nitrogens is 1. The summed E-state index contributed by atoms with van der Waals surface area (Å²) in [6.45, 7) is 3.77. The first-order valence-electron chi connectivity index (χ1n) is 11.1. The van der Waals surface area contributed by atoms with Crippen LogP contribution >= 0.6 is 23.2 Å². The number of pyridine rings is 1. The van der Waals surface area contributed by atoms with Crippen LogP contribution in [-0.2, 0) is 22.4 Å². The summed E-state index contributed by atoms with van der Waals surface area (Å²) >= 11 is 12.1. The summed E-state index contributed by atoms with van der Waals surface area (Å²) in [7, 11) is 0. The molecular formula is C24H29Cl2N3O4. The van der Waals surface area contributed by atoms with Gasteiger partial charge in [0.1, 0.15) is 11.9 Å². The van der Waals surface area contributed by atoms with E-state index in [4.69, 9.17) is 32.9 Å². The molecule has 0 saturated carbocycles. The Morgan fingerprint density at radius 3 is 2.70 bits per heavy atom. The lowest BCUT2D eigenvalue weighted by Gasteiger charge is -2.18. The van der Waals surface area contributed by atoms with E-state index in [1.165, 1.54) is 17.7 Å². The van der Waals surface area contributed by atoms with Crippen molar-refractivity contribution in [2.45, 2.75) is 45.1 Å². The van der Waals surface area contributed by atoms with E-state index in [1.807, 2.05) is 0 Å². The number of rotatable bonds is 11. The zero-order valence-electron chi connectivity index (χ0n) is 18.6. The monoisotopic (exact) mass is 493 g/mol. The Morgan fingerprint density at radius 1 is 1.21 bits per heavy atom. The van der Waals surface area contributed by atoms with Crippen LogP contribution < -0.4 is 10.6 Å². The first-order chi connectivity index (χ1) is 15.8. The Hall–Kier alpha value is -2.35. The van der Waals surface area contributed by atoms with Gasteiger partial charge < -0.3 is 20.5 Å². The number of amides is 1. The molecule has 3 rings (SSSR count). The maximum atomic E-state index is 12.5. The van der Waals surface area contributed by atoms with E-state index in [-0.39, 0.29) is 34.6 Å². The van der Waals surface area contributed by atoms with Crippen LogP contribution in [0.5, 0.6) is 0 Å². The van der Waals surface area contributed by atoms with Crippen LogP contribution in [0.15, 0.2) is 30.3 Å². The quantitative estimate of drug-likeness (QED) is 0.395. The average molecular weight is 494 g/mol. The van der Waals surface area contributed by atoms with Gasteiger partial charge in [0.2, 0.25) is 0 Å². The second kappa shape index (κ2) is 12.2. The molecule has 1 aromatic carbocycles. The van der Waals surface area contributed by atoms with Gasteiger partial charge in [-0.2, -0.15) is 0 Å². The lowest BCUT2D eigenvalue weighted by atomic mass is 10.0. The first kappa shape index (κ1) is 25.3. The van der Waals surface area contributed by atoms with Gasteiger partial charge >= 0.3 is 5.97 Å². The normalized spacial score (nSPS) is 14.6. The van der Waals surface area contributed by atoms with E-state index < -0.39 is 17.9 Å². The van der Waals surface area contributed by atoms with E-state index in [0.717, 1.165) is 43.7 Å². The lowest BCUT2D eigenvalue weighted by Crippen LogP contribution is -2.41. The third kappa shape index (κ3) is 7.32. The Balaban J connectivity index is 1.40. The molecule has 1 aliphatic heterocycles. The molecule has 2 aromatic rings. The van der Waals surface area contributed by atoms with Gasteiger partial charge in [-0.05, 0) is 55.4 Å². The molecule has 2 atom stereocenters. The number of anilines is 1. The minimum absolute atomic E-state index is 0.0626. The molecule has 0 radical (unpaired) electrons. The summed E-state index contributed by atoms with van der Waals surface area (Å²) < 4.78 is 5.69. The number of carboxylic acid groups (broad SMARTS) is 1. The van der Waals surface area contributed by atoms with Crippen LogP contribution in [0.1, 0.15) is 47.8 Å². The molecule has 1 unspecified atom stereocenters. The van der Waals surface area contributed by atoms with Crippen LogP contribution in [0, 0.1) is 5.92 Å². The molecule has 33 heavy (non-hydrogen) atoms. The molecule has 1 aliphatic rings. The average Bonchev–Trinajstić information content (AvgIpc) is 2.79. The van der Waals surface area contributed by atoms with Crippen LogP contribution in [0.2, 0.25) is 10.0 Å². The third-order valence-electron chi connectivity index (χ3n) is 5.59. The highest BCUT2D eigenvalue weighted by molar-refractivity contribution is 6.39. The highest BCUT2D eigenvalue weighted by atomic mass is 35.5. The number of fused-ring (bicyclic) bond motifs is 1. The molecule has 0 spiro atoms. The Bertz CT molecular complexity index is 966. The molecule has 9 heteroatoms. The van der Waals surface area contributed by atoms with Crippen molar-refractivity contribution >= 4 is 40.9 Å². The summed E-state index contributed by atoms with van der Waals surface area (Å²) in [6, 6.07) is 7.81. The van der Waals surface area contributed by atoms with Crippen LogP contribution in [0.4, 0.5) is 5.82 Å². The highest BCUT2D eigenvalue weighted by Crippen LogP contribution is 2.24. The molecule has 3 N–H and O–H groups in total. The summed E-state index contributed by atoms with van der Waals surface area (Å²) in [5.74, 6) is -0.480. The van der Waals surface area contributed by atoms with Gasteiger partial charge in [0.25, 0.3) is 5.91 Å². The summed E-state index contributed by atoms with van der Waals surface area (Å²) in [4.78, 5) is 28.7. The number of carbonyl (C=O) groups excluding carboxylic acids is 1. The minimum Gasteiger partial charge on any atom is -0.480 e. The predicted octanol–water partition coefficient (Wildman–Crippen LogP) is 4.61. The largest absolute Gasteiger partial charge is 0.480 e. The topological polar surface area (TPSA) is 101 Å². The molecule has 0 saturated heterocycles. The van der Waals surface area contributed by atoms with Gasteiger partial charge in [0.05, 0.1) is 15.6 Å². The number of benzene rings is 1. The first-order valence-corrected chi connectivity index (χ1v) is 11.9. The maximum Gasteiger partial charge on any atom is 0.326 e. The molecular weight excluding hydrogens is 465 g/mol. The second-order valence-corrected chi connectivity index (χ2v) is 9.12. The smallest absolute Gasteiger partial charge is 0.326 e. The molecule has 0 bridgehead atoms. The van der Waals surface area contributed by atoms with Crippen molar-refractivity contribution in [3.05, 3.63) is 57.2 Å². The maximum absolute atomic E-state index is 12.5. The number of halogens is 2. The molecule has 0 aliphatic carbocycles. The van der Waals surface area contributed by atoms with E-state index in [1.54, 1.807) is 6.07 Å². The summed E-state index contributed by atoms with van der Waals surface area (Å²) in [5.41, 5.74) is 2.40.